The van der Waals surface area contributed by atoms with E-state index < -0.39 is 5.60 Å². The predicted molar refractivity (Wildman–Crippen MR) is 99.9 cm³/mol. The lowest BCUT2D eigenvalue weighted by Crippen LogP contribution is -2.50. The van der Waals surface area contributed by atoms with Crippen LogP contribution in [0.2, 0.25) is 10.3 Å². The largest absolute Gasteiger partial charge is 0.444 e. The number of rotatable bonds is 1. The molecule has 9 heteroatoms. The second kappa shape index (κ2) is 5.86. The van der Waals surface area contributed by atoms with E-state index in [2.05, 4.69) is 14.9 Å². The molecule has 0 aliphatic carbocycles. The number of likely N-dealkylation sites (tertiary alicyclic amines) is 1. The topological polar surface area (TPSA) is 58.6 Å². The average molecular weight is 401 g/mol. The van der Waals surface area contributed by atoms with Crippen LogP contribution in [-0.4, -0.2) is 51.7 Å². The van der Waals surface area contributed by atoms with Gasteiger partial charge in [0.25, 0.3) is 0 Å². The minimum absolute atomic E-state index is 0.157. The van der Waals surface area contributed by atoms with Crippen LogP contribution in [0.3, 0.4) is 0 Å². The summed E-state index contributed by atoms with van der Waals surface area (Å²) in [5.41, 5.74) is 0.201. The lowest BCUT2D eigenvalue weighted by Gasteiger charge is -2.35. The Kier molecular flexibility index (Phi) is 4.01. The smallest absolute Gasteiger partial charge is 0.410 e. The number of hydrogen-bond acceptors (Lipinski definition) is 6. The van der Waals surface area contributed by atoms with Gasteiger partial charge >= 0.3 is 6.09 Å². The molecule has 0 spiro atoms. The first-order chi connectivity index (χ1) is 11.7. The number of nitrogens with zero attached hydrogens (tertiary/aromatic N) is 4. The number of ether oxygens (including phenoxy) is 1. The van der Waals surface area contributed by atoms with Crippen molar-refractivity contribution in [2.75, 3.05) is 18.0 Å². The van der Waals surface area contributed by atoms with Gasteiger partial charge in [-0.1, -0.05) is 34.5 Å². The number of aromatic nitrogens is 2. The van der Waals surface area contributed by atoms with Gasteiger partial charge in [-0.3, -0.25) is 0 Å². The summed E-state index contributed by atoms with van der Waals surface area (Å²) in [7, 11) is 0. The normalized spacial score (nSPS) is 22.9. The molecule has 6 nitrogen and oxygen atoms in total. The van der Waals surface area contributed by atoms with E-state index in [1.54, 1.807) is 17.4 Å². The monoisotopic (exact) mass is 400 g/mol. The highest BCUT2D eigenvalue weighted by Crippen LogP contribution is 2.40. The first kappa shape index (κ1) is 17.1. The number of hydrogen-bond donors (Lipinski definition) is 0. The minimum atomic E-state index is -0.478. The van der Waals surface area contributed by atoms with E-state index in [0.29, 0.717) is 22.4 Å². The van der Waals surface area contributed by atoms with E-state index >= 15 is 0 Å². The molecule has 2 fully saturated rings. The highest BCUT2D eigenvalue weighted by molar-refractivity contribution is 7.22. The molecule has 134 valence electrons. The van der Waals surface area contributed by atoms with Gasteiger partial charge in [-0.15, -0.1) is 0 Å². The van der Waals surface area contributed by atoms with Gasteiger partial charge in [0, 0.05) is 13.1 Å². The van der Waals surface area contributed by atoms with Crippen molar-refractivity contribution < 1.29 is 9.53 Å². The third-order valence-corrected chi connectivity index (χ3v) is 5.90. The zero-order chi connectivity index (χ0) is 17.9. The van der Waals surface area contributed by atoms with Crippen molar-refractivity contribution in [3.63, 3.8) is 0 Å². The maximum Gasteiger partial charge on any atom is 0.410 e. The van der Waals surface area contributed by atoms with Crippen LogP contribution in [0.4, 0.5) is 9.93 Å². The van der Waals surface area contributed by atoms with Crippen LogP contribution in [0.1, 0.15) is 27.2 Å². The second-order valence-corrected chi connectivity index (χ2v) is 9.16. The van der Waals surface area contributed by atoms with Crippen molar-refractivity contribution in [2.45, 2.75) is 44.9 Å². The molecule has 2 aliphatic heterocycles. The van der Waals surface area contributed by atoms with Crippen molar-refractivity contribution in [3.05, 3.63) is 16.4 Å². The molecule has 4 heterocycles. The van der Waals surface area contributed by atoms with Gasteiger partial charge in [-0.2, -0.15) is 0 Å². The van der Waals surface area contributed by atoms with E-state index in [1.807, 2.05) is 25.7 Å². The predicted octanol–water partition coefficient (Wildman–Crippen LogP) is 4.20. The molecule has 1 amide bonds. The molecule has 0 radical (unpaired) electrons. The summed E-state index contributed by atoms with van der Waals surface area (Å²) in [6.07, 6.45) is 0.699. The molecule has 2 aliphatic rings. The molecule has 0 aromatic carbocycles. The summed E-state index contributed by atoms with van der Waals surface area (Å²) in [5.74, 6) is 0. The maximum atomic E-state index is 12.3. The lowest BCUT2D eigenvalue weighted by atomic mass is 10.2. The molecule has 0 unspecified atom stereocenters. The molecule has 25 heavy (non-hydrogen) atoms. The van der Waals surface area contributed by atoms with Gasteiger partial charge < -0.3 is 14.5 Å². The Morgan fingerprint density at radius 1 is 1.28 bits per heavy atom. The number of carbonyl (C=O) groups is 1. The molecular formula is C16H18Cl2N4O2S. The Hall–Kier alpha value is -1.31. The van der Waals surface area contributed by atoms with Crippen LogP contribution in [-0.2, 0) is 4.74 Å². The fraction of sp³-hybridized carbons (Fsp3) is 0.562. The van der Waals surface area contributed by atoms with E-state index in [0.717, 1.165) is 22.8 Å². The Balaban J connectivity index is 1.53. The molecule has 2 bridgehead atoms. The van der Waals surface area contributed by atoms with Gasteiger partial charge in [0.15, 0.2) is 10.3 Å². The van der Waals surface area contributed by atoms with Gasteiger partial charge in [0.05, 0.1) is 16.8 Å². The maximum absolute atomic E-state index is 12.3. The summed E-state index contributed by atoms with van der Waals surface area (Å²) in [6.45, 7) is 7.06. The zero-order valence-electron chi connectivity index (χ0n) is 14.1. The molecule has 4 rings (SSSR count). The summed E-state index contributed by atoms with van der Waals surface area (Å²) in [5, 5.41) is 1.59. The van der Waals surface area contributed by atoms with Crippen LogP contribution in [0.5, 0.6) is 0 Å². The summed E-state index contributed by atoms with van der Waals surface area (Å²) >= 11 is 13.7. The standard InChI is InChI=1S/C16H18Cl2N4O2S/c1-16(2,3)24-15(23)22-7-8-4-9(22)6-21(8)14-20-12-10(25-14)5-11(17)19-13(12)18/h5,8-9H,4,6-7H2,1-3H3/t8-,9-/m1/s1. The lowest BCUT2D eigenvalue weighted by molar-refractivity contribution is 0.0215. The Bertz CT molecular complexity index is 851. The van der Waals surface area contributed by atoms with Crippen LogP contribution >= 0.6 is 34.5 Å². The van der Waals surface area contributed by atoms with Gasteiger partial charge in [0.2, 0.25) is 0 Å². The van der Waals surface area contributed by atoms with E-state index in [4.69, 9.17) is 27.9 Å². The van der Waals surface area contributed by atoms with Crippen molar-refractivity contribution >= 4 is 56.0 Å². The molecule has 2 aromatic rings. The van der Waals surface area contributed by atoms with E-state index in [1.165, 1.54) is 0 Å². The zero-order valence-corrected chi connectivity index (χ0v) is 16.5. The number of halogens is 2. The van der Waals surface area contributed by atoms with E-state index in [9.17, 15) is 4.79 Å². The number of amides is 1. The van der Waals surface area contributed by atoms with Crippen LogP contribution in [0, 0.1) is 0 Å². The SMILES string of the molecule is CC(C)(C)OC(=O)N1C[C@H]2C[C@@H]1CN2c1nc2c(Cl)nc(Cl)cc2s1. The van der Waals surface area contributed by atoms with Crippen LogP contribution in [0.25, 0.3) is 10.2 Å². The molecule has 2 aromatic heterocycles. The second-order valence-electron chi connectivity index (χ2n) is 7.41. The van der Waals surface area contributed by atoms with Crippen molar-refractivity contribution in [1.29, 1.82) is 0 Å². The summed E-state index contributed by atoms with van der Waals surface area (Å²) in [6, 6.07) is 2.19. The Morgan fingerprint density at radius 2 is 2.04 bits per heavy atom. The van der Waals surface area contributed by atoms with Gasteiger partial charge in [-0.05, 0) is 33.3 Å². The van der Waals surface area contributed by atoms with Crippen LogP contribution < -0.4 is 4.90 Å². The fourth-order valence-electron chi connectivity index (χ4n) is 3.42. The first-order valence-electron chi connectivity index (χ1n) is 8.10. The van der Waals surface area contributed by atoms with Crippen molar-refractivity contribution in [1.82, 2.24) is 14.9 Å². The molecular weight excluding hydrogens is 383 g/mol. The molecule has 0 saturated carbocycles. The van der Waals surface area contributed by atoms with Crippen molar-refractivity contribution in [3.8, 4) is 0 Å². The molecule has 0 N–H and O–H groups in total. The highest BCUT2D eigenvalue weighted by Gasteiger charge is 2.47. The minimum Gasteiger partial charge on any atom is -0.444 e. The summed E-state index contributed by atoms with van der Waals surface area (Å²) in [4.78, 5) is 25.1. The third kappa shape index (κ3) is 3.13. The fourth-order valence-corrected chi connectivity index (χ4v) is 5.10. The number of fused-ring (bicyclic) bond motifs is 3. The molecule has 2 saturated heterocycles. The van der Waals surface area contributed by atoms with Gasteiger partial charge in [0.1, 0.15) is 16.3 Å². The number of carbonyl (C=O) groups excluding carboxylic acids is 1. The third-order valence-electron chi connectivity index (χ3n) is 4.41. The van der Waals surface area contributed by atoms with Crippen molar-refractivity contribution in [2.24, 2.45) is 0 Å². The number of thiazole rings is 1. The molecule has 2 atom stereocenters. The van der Waals surface area contributed by atoms with E-state index in [-0.39, 0.29) is 18.2 Å². The number of pyridine rings is 1. The van der Waals surface area contributed by atoms with Crippen LogP contribution in [0.15, 0.2) is 6.07 Å². The van der Waals surface area contributed by atoms with Gasteiger partial charge in [-0.25, -0.2) is 14.8 Å². The average Bonchev–Trinajstić information content (AvgIpc) is 3.17. The number of piperazine rings is 1. The quantitative estimate of drug-likeness (QED) is 0.671. The highest BCUT2D eigenvalue weighted by atomic mass is 35.5. The Morgan fingerprint density at radius 3 is 2.68 bits per heavy atom. The first-order valence-corrected chi connectivity index (χ1v) is 9.67. The summed E-state index contributed by atoms with van der Waals surface area (Å²) < 4.78 is 6.43. The Labute approximate surface area is 159 Å². The number of anilines is 1.